The highest BCUT2D eigenvalue weighted by Gasteiger charge is 2.18. The van der Waals surface area contributed by atoms with Gasteiger partial charge in [-0.3, -0.25) is 0 Å². The summed E-state index contributed by atoms with van der Waals surface area (Å²) >= 11 is 0. The van der Waals surface area contributed by atoms with Crippen molar-refractivity contribution in [3.8, 4) is 0 Å². The number of hydrogen-bond donors (Lipinski definition) is 2. The summed E-state index contributed by atoms with van der Waals surface area (Å²) in [6.45, 7) is 12.6. The average Bonchev–Trinajstić information content (AvgIpc) is 2.08. The van der Waals surface area contributed by atoms with Crippen molar-refractivity contribution >= 4 is 6.09 Å². The third kappa shape index (κ3) is 8.53. The molecule has 0 aliphatic heterocycles. The van der Waals surface area contributed by atoms with Gasteiger partial charge in [0, 0.05) is 18.6 Å². The smallest absolute Gasteiger partial charge is 0.407 e. The number of hydrogen-bond acceptors (Lipinski definition) is 3. The van der Waals surface area contributed by atoms with Crippen LogP contribution >= 0.6 is 0 Å². The van der Waals surface area contributed by atoms with Gasteiger partial charge >= 0.3 is 6.09 Å². The normalized spacial score (nSPS) is 13.7. The summed E-state index contributed by atoms with van der Waals surface area (Å²) in [4.78, 5) is 11.5. The van der Waals surface area contributed by atoms with Crippen molar-refractivity contribution in [3.63, 3.8) is 0 Å². The van der Waals surface area contributed by atoms with Gasteiger partial charge in [-0.05, 0) is 27.2 Å². The SMILES string of the molecule is CCC(CNC(C)C)NC(=O)OC(C)(C)C. The van der Waals surface area contributed by atoms with E-state index in [0.717, 1.165) is 13.0 Å². The van der Waals surface area contributed by atoms with Crippen molar-refractivity contribution in [3.05, 3.63) is 0 Å². The maximum absolute atomic E-state index is 11.5. The topological polar surface area (TPSA) is 50.4 Å². The fourth-order valence-corrected chi connectivity index (χ4v) is 1.15. The number of rotatable bonds is 5. The second kappa shape index (κ2) is 6.74. The molecule has 0 rings (SSSR count). The Labute approximate surface area is 99.1 Å². The fourth-order valence-electron chi connectivity index (χ4n) is 1.15. The molecule has 96 valence electrons. The molecule has 2 N–H and O–H groups in total. The van der Waals surface area contributed by atoms with E-state index in [1.807, 2.05) is 27.7 Å². The quantitative estimate of drug-likeness (QED) is 0.762. The van der Waals surface area contributed by atoms with Crippen molar-refractivity contribution in [1.82, 2.24) is 10.6 Å². The predicted octanol–water partition coefficient (Wildman–Crippen LogP) is 2.29. The first kappa shape index (κ1) is 15.2. The molecule has 0 fully saturated rings. The van der Waals surface area contributed by atoms with Gasteiger partial charge in [0.2, 0.25) is 0 Å². The second-order valence-corrected chi connectivity index (χ2v) is 5.31. The molecule has 0 aliphatic carbocycles. The zero-order valence-corrected chi connectivity index (χ0v) is 11.4. The molecule has 0 heterocycles. The van der Waals surface area contributed by atoms with Crippen molar-refractivity contribution < 1.29 is 9.53 Å². The first-order valence-electron chi connectivity index (χ1n) is 5.97. The molecular weight excluding hydrogens is 204 g/mol. The van der Waals surface area contributed by atoms with E-state index < -0.39 is 5.60 Å². The lowest BCUT2D eigenvalue weighted by atomic mass is 10.2. The molecule has 4 heteroatoms. The van der Waals surface area contributed by atoms with Gasteiger partial charge in [0.1, 0.15) is 5.60 Å². The van der Waals surface area contributed by atoms with E-state index in [-0.39, 0.29) is 12.1 Å². The zero-order valence-electron chi connectivity index (χ0n) is 11.4. The van der Waals surface area contributed by atoms with Crippen LogP contribution in [0, 0.1) is 0 Å². The predicted molar refractivity (Wildman–Crippen MR) is 66.6 cm³/mol. The van der Waals surface area contributed by atoms with Crippen LogP contribution in [0.2, 0.25) is 0 Å². The molecule has 0 bridgehead atoms. The van der Waals surface area contributed by atoms with E-state index in [4.69, 9.17) is 4.74 Å². The standard InChI is InChI=1S/C12H26N2O2/c1-7-10(8-13-9(2)3)14-11(15)16-12(4,5)6/h9-10,13H,7-8H2,1-6H3,(H,14,15). The number of ether oxygens (including phenoxy) is 1. The van der Waals surface area contributed by atoms with E-state index in [9.17, 15) is 4.79 Å². The molecule has 0 radical (unpaired) electrons. The summed E-state index contributed by atoms with van der Waals surface area (Å²) in [5.41, 5.74) is -0.437. The molecule has 1 unspecified atom stereocenters. The molecule has 0 saturated carbocycles. The van der Waals surface area contributed by atoms with E-state index in [2.05, 4.69) is 24.5 Å². The minimum Gasteiger partial charge on any atom is -0.444 e. The van der Waals surface area contributed by atoms with Crippen LogP contribution in [0.25, 0.3) is 0 Å². The molecular formula is C12H26N2O2. The first-order chi connectivity index (χ1) is 7.24. The Morgan fingerprint density at radius 3 is 2.25 bits per heavy atom. The molecule has 0 aliphatic rings. The summed E-state index contributed by atoms with van der Waals surface area (Å²) in [7, 11) is 0. The Morgan fingerprint density at radius 1 is 1.31 bits per heavy atom. The van der Waals surface area contributed by atoms with Crippen LogP contribution in [0.4, 0.5) is 4.79 Å². The van der Waals surface area contributed by atoms with Crippen molar-refractivity contribution in [2.24, 2.45) is 0 Å². The number of carbonyl (C=O) groups is 1. The van der Waals surface area contributed by atoms with E-state index >= 15 is 0 Å². The third-order valence-corrected chi connectivity index (χ3v) is 1.99. The average molecular weight is 230 g/mol. The Bertz CT molecular complexity index is 210. The molecule has 16 heavy (non-hydrogen) atoms. The lowest BCUT2D eigenvalue weighted by Gasteiger charge is -2.23. The van der Waals surface area contributed by atoms with Crippen LogP contribution in [0.1, 0.15) is 48.0 Å². The summed E-state index contributed by atoms with van der Waals surface area (Å²) in [6, 6.07) is 0.548. The van der Waals surface area contributed by atoms with Crippen LogP contribution < -0.4 is 10.6 Å². The molecule has 1 amide bonds. The van der Waals surface area contributed by atoms with Crippen LogP contribution in [0.5, 0.6) is 0 Å². The van der Waals surface area contributed by atoms with Gasteiger partial charge < -0.3 is 15.4 Å². The van der Waals surface area contributed by atoms with E-state index in [1.54, 1.807) is 0 Å². The first-order valence-corrected chi connectivity index (χ1v) is 5.97. The number of alkyl carbamates (subject to hydrolysis) is 1. The number of carbonyl (C=O) groups excluding carboxylic acids is 1. The van der Waals surface area contributed by atoms with Crippen LogP contribution in [0.3, 0.4) is 0 Å². The highest BCUT2D eigenvalue weighted by atomic mass is 16.6. The van der Waals surface area contributed by atoms with Crippen LogP contribution in [-0.4, -0.2) is 30.3 Å². The van der Waals surface area contributed by atoms with Gasteiger partial charge in [-0.15, -0.1) is 0 Å². The molecule has 0 saturated heterocycles. The van der Waals surface area contributed by atoms with Crippen LogP contribution in [0.15, 0.2) is 0 Å². The summed E-state index contributed by atoms with van der Waals surface area (Å²) in [6.07, 6.45) is 0.545. The highest BCUT2D eigenvalue weighted by Crippen LogP contribution is 2.07. The van der Waals surface area contributed by atoms with E-state index in [1.165, 1.54) is 0 Å². The summed E-state index contributed by atoms with van der Waals surface area (Å²) < 4.78 is 5.20. The maximum Gasteiger partial charge on any atom is 0.407 e. The number of amides is 1. The van der Waals surface area contributed by atoms with Crippen molar-refractivity contribution in [1.29, 1.82) is 0 Å². The van der Waals surface area contributed by atoms with E-state index in [0.29, 0.717) is 6.04 Å². The maximum atomic E-state index is 11.5. The minimum absolute atomic E-state index is 0.122. The van der Waals surface area contributed by atoms with Gasteiger partial charge in [-0.25, -0.2) is 4.79 Å². The highest BCUT2D eigenvalue weighted by molar-refractivity contribution is 5.68. The van der Waals surface area contributed by atoms with Crippen LogP contribution in [-0.2, 0) is 4.74 Å². The molecule has 4 nitrogen and oxygen atoms in total. The van der Waals surface area contributed by atoms with Gasteiger partial charge in [0.25, 0.3) is 0 Å². The Kier molecular flexibility index (Phi) is 6.41. The fraction of sp³-hybridized carbons (Fsp3) is 0.917. The summed E-state index contributed by atoms with van der Waals surface area (Å²) in [5, 5.41) is 6.15. The summed E-state index contributed by atoms with van der Waals surface area (Å²) in [5.74, 6) is 0. The van der Waals surface area contributed by atoms with Gasteiger partial charge in [-0.1, -0.05) is 20.8 Å². The monoisotopic (exact) mass is 230 g/mol. The van der Waals surface area contributed by atoms with Gasteiger partial charge in [-0.2, -0.15) is 0 Å². The Morgan fingerprint density at radius 2 is 1.88 bits per heavy atom. The molecule has 0 aromatic carbocycles. The zero-order chi connectivity index (χ0) is 12.8. The van der Waals surface area contributed by atoms with Gasteiger partial charge in [0.05, 0.1) is 0 Å². The second-order valence-electron chi connectivity index (χ2n) is 5.31. The van der Waals surface area contributed by atoms with Crippen molar-refractivity contribution in [2.45, 2.75) is 65.6 Å². The molecule has 0 aromatic rings. The number of nitrogens with one attached hydrogen (secondary N) is 2. The van der Waals surface area contributed by atoms with Gasteiger partial charge in [0.15, 0.2) is 0 Å². The molecule has 1 atom stereocenters. The van der Waals surface area contributed by atoms with Crippen molar-refractivity contribution in [2.75, 3.05) is 6.54 Å². The molecule has 0 spiro atoms. The third-order valence-electron chi connectivity index (χ3n) is 1.99. The minimum atomic E-state index is -0.437. The Balaban J connectivity index is 3.97. The Hall–Kier alpha value is -0.770. The largest absolute Gasteiger partial charge is 0.444 e. The lowest BCUT2D eigenvalue weighted by molar-refractivity contribution is 0.0502. The lowest BCUT2D eigenvalue weighted by Crippen LogP contribution is -2.45. The molecule has 0 aromatic heterocycles.